The number of alkyl halides is 1. The first-order valence-electron chi connectivity index (χ1n) is 2.94. The van der Waals surface area contributed by atoms with Gasteiger partial charge in [-0.25, -0.2) is 9.18 Å². The van der Waals surface area contributed by atoms with Gasteiger partial charge in [0.15, 0.2) is 6.29 Å². The first kappa shape index (κ1) is 10.3. The van der Waals surface area contributed by atoms with E-state index in [-0.39, 0.29) is 0 Å². The maximum atomic E-state index is 12.7. The van der Waals surface area contributed by atoms with E-state index < -0.39 is 18.4 Å². The summed E-state index contributed by atoms with van der Waals surface area (Å²) in [6, 6.07) is 0. The van der Waals surface area contributed by atoms with Gasteiger partial charge in [0.1, 0.15) is 0 Å². The van der Waals surface area contributed by atoms with Crippen molar-refractivity contribution in [1.29, 1.82) is 0 Å². The van der Waals surface area contributed by atoms with Crippen LogP contribution in [0.15, 0.2) is 0 Å². The van der Waals surface area contributed by atoms with Crippen molar-refractivity contribution < 1.29 is 23.4 Å². The molecule has 0 bridgehead atoms. The minimum absolute atomic E-state index is 1.00. The van der Waals surface area contributed by atoms with Crippen LogP contribution in [0.4, 0.5) is 4.39 Å². The molecule has 0 saturated carbocycles. The fourth-order valence-corrected chi connectivity index (χ4v) is 0.559. The molecule has 1 atom stereocenters. The van der Waals surface area contributed by atoms with E-state index in [9.17, 15) is 9.18 Å². The van der Waals surface area contributed by atoms with E-state index >= 15 is 0 Å². The van der Waals surface area contributed by atoms with Crippen LogP contribution in [0.3, 0.4) is 0 Å². The highest BCUT2D eigenvalue weighted by Gasteiger charge is 2.28. The first-order chi connectivity index (χ1) is 5.17. The zero-order valence-corrected chi connectivity index (χ0v) is 6.67. The number of carbonyl (C=O) groups excluding carboxylic acids is 1. The summed E-state index contributed by atoms with van der Waals surface area (Å²) in [5.74, 6) is -1.00. The topological polar surface area (TPSA) is 44.8 Å². The maximum absolute atomic E-state index is 12.7. The van der Waals surface area contributed by atoms with Crippen LogP contribution in [0.5, 0.6) is 0 Å². The van der Waals surface area contributed by atoms with Crippen LogP contribution in [0.2, 0.25) is 0 Å². The van der Waals surface area contributed by atoms with Crippen LogP contribution in [-0.2, 0) is 19.0 Å². The standard InChI is InChI=1S/C6H11FO4/c1-9-5(8)4(7)6(10-2)11-3/h4,6H,1-3H3. The van der Waals surface area contributed by atoms with Crippen molar-refractivity contribution in [2.75, 3.05) is 21.3 Å². The normalized spacial score (nSPS) is 13.2. The third kappa shape index (κ3) is 2.81. The van der Waals surface area contributed by atoms with Gasteiger partial charge in [-0.1, -0.05) is 0 Å². The van der Waals surface area contributed by atoms with Crippen LogP contribution in [-0.4, -0.2) is 39.8 Å². The van der Waals surface area contributed by atoms with E-state index in [1.54, 1.807) is 0 Å². The molecule has 0 N–H and O–H groups in total. The molecule has 1 unspecified atom stereocenters. The molecule has 66 valence electrons. The third-order valence-corrected chi connectivity index (χ3v) is 1.13. The molecule has 0 aromatic rings. The van der Waals surface area contributed by atoms with Crippen molar-refractivity contribution >= 4 is 5.97 Å². The number of ether oxygens (including phenoxy) is 3. The molecule has 0 fully saturated rings. The van der Waals surface area contributed by atoms with Gasteiger partial charge in [-0.3, -0.25) is 0 Å². The van der Waals surface area contributed by atoms with Crippen molar-refractivity contribution in [3.05, 3.63) is 0 Å². The van der Waals surface area contributed by atoms with E-state index in [0.29, 0.717) is 0 Å². The van der Waals surface area contributed by atoms with Gasteiger partial charge >= 0.3 is 5.97 Å². The summed E-state index contributed by atoms with van der Waals surface area (Å²) >= 11 is 0. The highest BCUT2D eigenvalue weighted by atomic mass is 19.1. The van der Waals surface area contributed by atoms with Crippen molar-refractivity contribution in [3.8, 4) is 0 Å². The molecule has 5 heteroatoms. The summed E-state index contributed by atoms with van der Waals surface area (Å²) in [7, 11) is 3.57. The summed E-state index contributed by atoms with van der Waals surface area (Å²) in [4.78, 5) is 10.5. The van der Waals surface area contributed by atoms with Gasteiger partial charge in [0.05, 0.1) is 7.11 Å². The van der Waals surface area contributed by atoms with Crippen molar-refractivity contribution in [2.24, 2.45) is 0 Å². The Morgan fingerprint density at radius 3 is 2.00 bits per heavy atom. The number of methoxy groups -OCH3 is 3. The summed E-state index contributed by atoms with van der Waals surface area (Å²) in [6.07, 6.45) is -3.09. The number of carbonyl (C=O) groups is 1. The molecule has 0 heterocycles. The molecule has 0 amide bonds. The first-order valence-corrected chi connectivity index (χ1v) is 2.94. The second-order valence-electron chi connectivity index (χ2n) is 1.76. The van der Waals surface area contributed by atoms with E-state index in [2.05, 4.69) is 14.2 Å². The summed E-state index contributed by atoms with van der Waals surface area (Å²) in [5.41, 5.74) is 0. The lowest BCUT2D eigenvalue weighted by atomic mass is 10.4. The Morgan fingerprint density at radius 2 is 1.73 bits per heavy atom. The van der Waals surface area contributed by atoms with Crippen molar-refractivity contribution in [3.63, 3.8) is 0 Å². The average molecular weight is 166 g/mol. The second kappa shape index (κ2) is 5.03. The van der Waals surface area contributed by atoms with E-state index in [0.717, 1.165) is 7.11 Å². The van der Waals surface area contributed by atoms with Gasteiger partial charge in [-0.05, 0) is 0 Å². The van der Waals surface area contributed by atoms with Crippen LogP contribution >= 0.6 is 0 Å². The van der Waals surface area contributed by atoms with Crippen molar-refractivity contribution in [2.45, 2.75) is 12.5 Å². The number of hydrogen-bond donors (Lipinski definition) is 0. The van der Waals surface area contributed by atoms with Crippen LogP contribution < -0.4 is 0 Å². The van der Waals surface area contributed by atoms with Gasteiger partial charge in [0.2, 0.25) is 6.17 Å². The Bertz CT molecular complexity index is 124. The quantitative estimate of drug-likeness (QED) is 0.439. The third-order valence-electron chi connectivity index (χ3n) is 1.13. The molecule has 4 nitrogen and oxygen atoms in total. The summed E-state index contributed by atoms with van der Waals surface area (Å²) in [5, 5.41) is 0. The van der Waals surface area contributed by atoms with Crippen molar-refractivity contribution in [1.82, 2.24) is 0 Å². The molecule has 0 aliphatic rings. The summed E-state index contributed by atoms with van der Waals surface area (Å²) in [6.45, 7) is 0. The van der Waals surface area contributed by atoms with Gasteiger partial charge in [-0.2, -0.15) is 0 Å². The minimum atomic E-state index is -1.89. The molecule has 0 radical (unpaired) electrons. The second-order valence-corrected chi connectivity index (χ2v) is 1.76. The van der Waals surface area contributed by atoms with Gasteiger partial charge in [0.25, 0.3) is 0 Å². The molecule has 0 aliphatic heterocycles. The molecular formula is C6H11FO4. The Kier molecular flexibility index (Phi) is 4.72. The molecule has 0 aromatic heterocycles. The van der Waals surface area contributed by atoms with Crippen LogP contribution in [0, 0.1) is 0 Å². The van der Waals surface area contributed by atoms with Crippen LogP contribution in [0.25, 0.3) is 0 Å². The average Bonchev–Trinajstić information content (AvgIpc) is 2.05. The molecular weight excluding hydrogens is 155 g/mol. The smallest absolute Gasteiger partial charge is 0.345 e. The van der Waals surface area contributed by atoms with Gasteiger partial charge in [-0.15, -0.1) is 0 Å². The molecule has 11 heavy (non-hydrogen) atoms. The zero-order chi connectivity index (χ0) is 8.85. The predicted molar refractivity (Wildman–Crippen MR) is 34.7 cm³/mol. The minimum Gasteiger partial charge on any atom is -0.467 e. The van der Waals surface area contributed by atoms with E-state index in [4.69, 9.17) is 0 Å². The highest BCUT2D eigenvalue weighted by molar-refractivity contribution is 5.74. The zero-order valence-electron chi connectivity index (χ0n) is 6.67. The Labute approximate surface area is 64.2 Å². The fourth-order valence-electron chi connectivity index (χ4n) is 0.559. The number of halogens is 1. The summed E-state index contributed by atoms with van der Waals surface area (Å²) < 4.78 is 25.8. The van der Waals surface area contributed by atoms with E-state index in [1.165, 1.54) is 14.2 Å². The lowest BCUT2D eigenvalue weighted by Crippen LogP contribution is -2.33. The number of esters is 1. The molecule has 0 saturated heterocycles. The molecule has 0 spiro atoms. The lowest BCUT2D eigenvalue weighted by molar-refractivity contribution is -0.177. The monoisotopic (exact) mass is 166 g/mol. The molecule has 0 rings (SSSR count). The number of hydrogen-bond acceptors (Lipinski definition) is 4. The van der Waals surface area contributed by atoms with Crippen LogP contribution in [0.1, 0.15) is 0 Å². The molecule has 0 aliphatic carbocycles. The van der Waals surface area contributed by atoms with Gasteiger partial charge < -0.3 is 14.2 Å². The SMILES string of the molecule is COC(=O)C(F)C(OC)OC. The van der Waals surface area contributed by atoms with E-state index in [1.807, 2.05) is 0 Å². The fraction of sp³-hybridized carbons (Fsp3) is 0.833. The number of rotatable bonds is 4. The highest BCUT2D eigenvalue weighted by Crippen LogP contribution is 2.05. The predicted octanol–water partition coefficient (Wildman–Crippen LogP) is 0.116. The maximum Gasteiger partial charge on any atom is 0.345 e. The van der Waals surface area contributed by atoms with Gasteiger partial charge in [0, 0.05) is 14.2 Å². The Balaban J connectivity index is 3.97. The lowest BCUT2D eigenvalue weighted by Gasteiger charge is -2.15. The largest absolute Gasteiger partial charge is 0.467 e. The molecule has 0 aromatic carbocycles. The Hall–Kier alpha value is -0.680. The Morgan fingerprint density at radius 1 is 1.27 bits per heavy atom.